The van der Waals surface area contributed by atoms with E-state index >= 15 is 0 Å². The molecule has 1 heterocycles. The molecule has 0 bridgehead atoms. The normalized spacial score (nSPS) is 10.6. The number of carbonyl (C=O) groups is 1. The van der Waals surface area contributed by atoms with Gasteiger partial charge >= 0.3 is 5.97 Å². The summed E-state index contributed by atoms with van der Waals surface area (Å²) in [5.74, 6) is -0.403. The third-order valence-electron chi connectivity index (χ3n) is 3.25. The third-order valence-corrected chi connectivity index (χ3v) is 3.25. The molecule has 1 aromatic carbocycles. The highest BCUT2D eigenvalue weighted by Gasteiger charge is 2.15. The number of aryl methyl sites for hydroxylation is 3. The predicted octanol–water partition coefficient (Wildman–Crippen LogP) is 2.23. The van der Waals surface area contributed by atoms with E-state index in [1.54, 1.807) is 10.7 Å². The van der Waals surface area contributed by atoms with E-state index in [1.807, 2.05) is 39.1 Å². The quantitative estimate of drug-likeness (QED) is 0.685. The van der Waals surface area contributed by atoms with Crippen LogP contribution in [-0.2, 0) is 24.8 Å². The molecule has 0 saturated heterocycles. The molecule has 0 atom stereocenters. The minimum atomic E-state index is -0.403. The van der Waals surface area contributed by atoms with Crippen molar-refractivity contribution in [2.24, 2.45) is 7.05 Å². The monoisotopic (exact) mass is 273 g/mol. The molecule has 0 aliphatic rings. The maximum Gasteiger partial charge on any atom is 0.340 e. The molecule has 0 aliphatic heterocycles. The molecule has 5 nitrogen and oxygen atoms in total. The number of hydrogen-bond donors (Lipinski definition) is 1. The molecular weight excluding hydrogens is 254 g/mol. The van der Waals surface area contributed by atoms with Crippen molar-refractivity contribution < 1.29 is 9.53 Å². The summed E-state index contributed by atoms with van der Waals surface area (Å²) in [5.41, 5.74) is 9.36. The smallest absolute Gasteiger partial charge is 0.340 e. The van der Waals surface area contributed by atoms with Gasteiger partial charge in [-0.05, 0) is 31.0 Å². The van der Waals surface area contributed by atoms with Crippen LogP contribution in [0.2, 0.25) is 0 Å². The van der Waals surface area contributed by atoms with Crippen LogP contribution in [0.3, 0.4) is 0 Å². The van der Waals surface area contributed by atoms with Crippen molar-refractivity contribution in [3.8, 4) is 0 Å². The Bertz CT molecular complexity index is 612. The largest absolute Gasteiger partial charge is 0.456 e. The van der Waals surface area contributed by atoms with Gasteiger partial charge in [-0.3, -0.25) is 4.68 Å². The summed E-state index contributed by atoms with van der Waals surface area (Å²) in [6, 6.07) is 7.29. The maximum atomic E-state index is 12.1. The first-order valence-corrected chi connectivity index (χ1v) is 6.57. The number of carbonyl (C=O) groups excluding carboxylic acids is 1. The molecule has 0 amide bonds. The van der Waals surface area contributed by atoms with Crippen molar-refractivity contribution in [2.45, 2.75) is 26.9 Å². The second-order valence-electron chi connectivity index (χ2n) is 4.72. The lowest BCUT2D eigenvalue weighted by atomic mass is 10.1. The van der Waals surface area contributed by atoms with Crippen LogP contribution in [0.4, 0.5) is 5.69 Å². The van der Waals surface area contributed by atoms with Crippen LogP contribution < -0.4 is 5.73 Å². The number of rotatable bonds is 4. The molecule has 2 N–H and O–H groups in total. The van der Waals surface area contributed by atoms with E-state index in [4.69, 9.17) is 10.5 Å². The number of ether oxygens (including phenoxy) is 1. The Morgan fingerprint density at radius 3 is 2.80 bits per heavy atom. The molecule has 1 aromatic heterocycles. The molecule has 0 unspecified atom stereocenters. The molecule has 0 fully saturated rings. The average molecular weight is 273 g/mol. The summed E-state index contributed by atoms with van der Waals surface area (Å²) in [5, 5.41) is 4.32. The molecule has 0 aliphatic carbocycles. The van der Waals surface area contributed by atoms with Gasteiger partial charge in [-0.2, -0.15) is 5.10 Å². The molecular formula is C15H19N3O2. The van der Waals surface area contributed by atoms with Gasteiger partial charge in [-0.1, -0.05) is 19.1 Å². The molecule has 2 aromatic rings. The molecule has 2 rings (SSSR count). The molecule has 0 spiro atoms. The number of benzene rings is 1. The Hall–Kier alpha value is -2.30. The zero-order valence-corrected chi connectivity index (χ0v) is 12.0. The van der Waals surface area contributed by atoms with Gasteiger partial charge in [0.15, 0.2) is 0 Å². The molecule has 0 radical (unpaired) electrons. The number of esters is 1. The Labute approximate surface area is 118 Å². The highest BCUT2D eigenvalue weighted by molar-refractivity contribution is 5.96. The summed E-state index contributed by atoms with van der Waals surface area (Å²) >= 11 is 0. The van der Waals surface area contributed by atoms with Crippen molar-refractivity contribution in [2.75, 3.05) is 5.73 Å². The first-order valence-electron chi connectivity index (χ1n) is 6.57. The first kappa shape index (κ1) is 14.1. The van der Waals surface area contributed by atoms with Gasteiger partial charge < -0.3 is 10.5 Å². The van der Waals surface area contributed by atoms with Gasteiger partial charge in [0.1, 0.15) is 6.61 Å². The van der Waals surface area contributed by atoms with Crippen LogP contribution in [-0.4, -0.2) is 15.7 Å². The molecule has 5 heteroatoms. The fourth-order valence-corrected chi connectivity index (χ4v) is 2.06. The number of nitrogens with zero attached hydrogens (tertiary/aromatic N) is 2. The van der Waals surface area contributed by atoms with E-state index in [9.17, 15) is 4.79 Å². The number of nitrogen functional groups attached to an aromatic ring is 1. The van der Waals surface area contributed by atoms with Crippen LogP contribution >= 0.6 is 0 Å². The number of nitrogens with two attached hydrogens (primary N) is 1. The van der Waals surface area contributed by atoms with Crippen molar-refractivity contribution in [1.29, 1.82) is 0 Å². The fourth-order valence-electron chi connectivity index (χ4n) is 2.06. The van der Waals surface area contributed by atoms with Gasteiger partial charge in [0, 0.05) is 12.7 Å². The highest BCUT2D eigenvalue weighted by atomic mass is 16.5. The fraction of sp³-hybridized carbons (Fsp3) is 0.333. The van der Waals surface area contributed by atoms with Crippen molar-refractivity contribution in [1.82, 2.24) is 9.78 Å². The third kappa shape index (κ3) is 2.82. The van der Waals surface area contributed by atoms with Gasteiger partial charge in [-0.25, -0.2) is 4.79 Å². The van der Waals surface area contributed by atoms with Gasteiger partial charge in [0.05, 0.1) is 17.0 Å². The van der Waals surface area contributed by atoms with Crippen LogP contribution in [0.1, 0.15) is 34.2 Å². The Morgan fingerprint density at radius 2 is 2.20 bits per heavy atom. The summed E-state index contributed by atoms with van der Waals surface area (Å²) < 4.78 is 7.06. The summed E-state index contributed by atoms with van der Waals surface area (Å²) in [6.07, 6.45) is 0.854. The SMILES string of the molecule is CCc1cc(COC(=O)c2c(C)cccc2N)n(C)n1. The van der Waals surface area contributed by atoms with Crippen LogP contribution in [0.15, 0.2) is 24.3 Å². The van der Waals surface area contributed by atoms with Crippen LogP contribution in [0.5, 0.6) is 0 Å². The zero-order chi connectivity index (χ0) is 14.7. The summed E-state index contributed by atoms with van der Waals surface area (Å²) in [4.78, 5) is 12.1. The first-order chi connectivity index (χ1) is 9.52. The molecule has 0 saturated carbocycles. The molecule has 20 heavy (non-hydrogen) atoms. The van der Waals surface area contributed by atoms with Crippen LogP contribution in [0.25, 0.3) is 0 Å². The minimum Gasteiger partial charge on any atom is -0.456 e. The predicted molar refractivity (Wildman–Crippen MR) is 77.3 cm³/mol. The maximum absolute atomic E-state index is 12.1. The Morgan fingerprint density at radius 1 is 1.45 bits per heavy atom. The van der Waals surface area contributed by atoms with Crippen molar-refractivity contribution in [3.63, 3.8) is 0 Å². The van der Waals surface area contributed by atoms with Crippen molar-refractivity contribution >= 4 is 11.7 Å². The summed E-state index contributed by atoms with van der Waals surface area (Å²) in [7, 11) is 1.84. The van der Waals surface area contributed by atoms with Gasteiger partial charge in [0.25, 0.3) is 0 Å². The van der Waals surface area contributed by atoms with Crippen molar-refractivity contribution in [3.05, 3.63) is 46.8 Å². The number of anilines is 1. The lowest BCUT2D eigenvalue weighted by Gasteiger charge is -2.09. The van der Waals surface area contributed by atoms with E-state index < -0.39 is 5.97 Å². The topological polar surface area (TPSA) is 70.1 Å². The van der Waals surface area contributed by atoms with Gasteiger partial charge in [-0.15, -0.1) is 0 Å². The van der Waals surface area contributed by atoms with E-state index in [2.05, 4.69) is 5.10 Å². The van der Waals surface area contributed by atoms with E-state index in [0.717, 1.165) is 23.4 Å². The van der Waals surface area contributed by atoms with Gasteiger partial charge in [0.2, 0.25) is 0 Å². The standard InChI is InChI=1S/C15H19N3O2/c1-4-11-8-12(18(3)17-11)9-20-15(19)14-10(2)6-5-7-13(14)16/h5-8H,4,9,16H2,1-3H3. The second-order valence-corrected chi connectivity index (χ2v) is 4.72. The second kappa shape index (κ2) is 5.77. The van der Waals surface area contributed by atoms with E-state index in [-0.39, 0.29) is 6.61 Å². The Kier molecular flexibility index (Phi) is 4.08. The van der Waals surface area contributed by atoms with E-state index in [0.29, 0.717) is 11.3 Å². The Balaban J connectivity index is 2.10. The lowest BCUT2D eigenvalue weighted by Crippen LogP contribution is -2.11. The summed E-state index contributed by atoms with van der Waals surface area (Å²) in [6.45, 7) is 4.06. The zero-order valence-electron chi connectivity index (χ0n) is 12.0. The molecule has 106 valence electrons. The number of hydrogen-bond acceptors (Lipinski definition) is 4. The van der Waals surface area contributed by atoms with Crippen LogP contribution in [0, 0.1) is 6.92 Å². The average Bonchev–Trinajstić information content (AvgIpc) is 2.77. The highest BCUT2D eigenvalue weighted by Crippen LogP contribution is 2.18. The van der Waals surface area contributed by atoms with E-state index in [1.165, 1.54) is 0 Å². The minimum absolute atomic E-state index is 0.191. The lowest BCUT2D eigenvalue weighted by molar-refractivity contribution is 0.0464. The number of aromatic nitrogens is 2.